The Morgan fingerprint density at radius 2 is 1.90 bits per heavy atom. The van der Waals surface area contributed by atoms with Crippen molar-refractivity contribution in [3.05, 3.63) is 64.7 Å². The molecule has 0 amide bonds. The fourth-order valence-electron chi connectivity index (χ4n) is 2.03. The molecule has 0 fully saturated rings. The highest BCUT2D eigenvalue weighted by Gasteiger charge is 2.08. The molecule has 0 saturated heterocycles. The lowest BCUT2D eigenvalue weighted by Crippen LogP contribution is -2.18. The molecule has 4 heteroatoms. The average molecular weight is 301 g/mol. The second-order valence-corrected chi connectivity index (χ2v) is 5.12. The van der Waals surface area contributed by atoms with Gasteiger partial charge in [-0.3, -0.25) is 0 Å². The summed E-state index contributed by atoms with van der Waals surface area (Å²) in [5, 5.41) is 12.7. The molecule has 2 rings (SSSR count). The smallest absolute Gasteiger partial charge is 0.174 e. The third-order valence-corrected chi connectivity index (χ3v) is 3.56. The van der Waals surface area contributed by atoms with E-state index in [1.54, 1.807) is 0 Å². The van der Waals surface area contributed by atoms with E-state index in [2.05, 4.69) is 12.2 Å². The minimum Gasteiger partial charge on any atom is -0.479 e. The van der Waals surface area contributed by atoms with Crippen LogP contribution in [0.2, 0.25) is 5.02 Å². The first-order valence-electron chi connectivity index (χ1n) is 6.77. The predicted octanol–water partition coefficient (Wildman–Crippen LogP) is 4.09. The van der Waals surface area contributed by atoms with Gasteiger partial charge in [0.25, 0.3) is 0 Å². The quantitative estimate of drug-likeness (QED) is 0.874. The van der Waals surface area contributed by atoms with Gasteiger partial charge in [-0.25, -0.2) is 0 Å². The Morgan fingerprint density at radius 3 is 2.57 bits per heavy atom. The van der Waals surface area contributed by atoms with E-state index < -0.39 is 0 Å². The number of halogens is 1. The molecule has 2 aromatic carbocycles. The van der Waals surface area contributed by atoms with Crippen LogP contribution in [0, 0.1) is 11.3 Å². The topological polar surface area (TPSA) is 45.0 Å². The van der Waals surface area contributed by atoms with Crippen LogP contribution >= 0.6 is 11.6 Å². The summed E-state index contributed by atoms with van der Waals surface area (Å²) in [6, 6.07) is 17.7. The fourth-order valence-corrected chi connectivity index (χ4v) is 2.33. The highest BCUT2D eigenvalue weighted by Crippen LogP contribution is 2.22. The zero-order chi connectivity index (χ0) is 15.1. The van der Waals surface area contributed by atoms with Crippen LogP contribution in [0.4, 0.5) is 0 Å². The molecular formula is C17H17ClN2O. The highest BCUT2D eigenvalue weighted by atomic mass is 35.5. The molecule has 0 aliphatic heterocycles. The maximum atomic E-state index is 8.46. The summed E-state index contributed by atoms with van der Waals surface area (Å²) in [5.74, 6) is 0.708. The summed E-state index contributed by atoms with van der Waals surface area (Å²) in [5.41, 5.74) is 2.24. The molecule has 3 nitrogen and oxygen atoms in total. The Kier molecular flexibility index (Phi) is 5.62. The predicted molar refractivity (Wildman–Crippen MR) is 84.3 cm³/mol. The Labute approximate surface area is 130 Å². The van der Waals surface area contributed by atoms with Gasteiger partial charge in [0.15, 0.2) is 6.61 Å². The lowest BCUT2D eigenvalue weighted by Gasteiger charge is -2.15. The van der Waals surface area contributed by atoms with Crippen LogP contribution in [-0.4, -0.2) is 6.61 Å². The van der Waals surface area contributed by atoms with Crippen LogP contribution in [0.25, 0.3) is 0 Å². The number of rotatable bonds is 6. The van der Waals surface area contributed by atoms with Crippen molar-refractivity contribution < 1.29 is 4.74 Å². The minimum atomic E-state index is 0.0706. The van der Waals surface area contributed by atoms with Gasteiger partial charge in [0.2, 0.25) is 0 Å². The lowest BCUT2D eigenvalue weighted by atomic mass is 10.1. The molecule has 0 radical (unpaired) electrons. The van der Waals surface area contributed by atoms with Gasteiger partial charge in [-0.05, 0) is 36.2 Å². The van der Waals surface area contributed by atoms with Crippen molar-refractivity contribution in [3.63, 3.8) is 0 Å². The Balaban J connectivity index is 1.91. The number of nitrogens with one attached hydrogen (secondary N) is 1. The van der Waals surface area contributed by atoms with Gasteiger partial charge in [0.1, 0.15) is 11.8 Å². The van der Waals surface area contributed by atoms with E-state index in [-0.39, 0.29) is 12.6 Å². The molecule has 0 aromatic heterocycles. The summed E-state index contributed by atoms with van der Waals surface area (Å²) >= 11 is 6.19. The monoisotopic (exact) mass is 300 g/mol. The van der Waals surface area contributed by atoms with E-state index in [1.165, 1.54) is 0 Å². The van der Waals surface area contributed by atoms with Crippen molar-refractivity contribution in [1.82, 2.24) is 5.32 Å². The molecule has 0 bridgehead atoms. The van der Waals surface area contributed by atoms with E-state index in [0.29, 0.717) is 5.75 Å². The maximum absolute atomic E-state index is 8.46. The number of nitrogens with zero attached hydrogens (tertiary/aromatic N) is 1. The summed E-state index contributed by atoms with van der Waals surface area (Å²) in [6.07, 6.45) is 0. The normalized spacial score (nSPS) is 11.7. The van der Waals surface area contributed by atoms with E-state index in [1.807, 2.05) is 54.6 Å². The molecule has 21 heavy (non-hydrogen) atoms. The van der Waals surface area contributed by atoms with Crippen molar-refractivity contribution >= 4 is 11.6 Å². The number of hydrogen-bond donors (Lipinski definition) is 1. The Bertz CT molecular complexity index is 619. The van der Waals surface area contributed by atoms with E-state index in [0.717, 1.165) is 22.7 Å². The molecule has 1 N–H and O–H groups in total. The molecule has 0 aliphatic rings. The molecule has 0 saturated carbocycles. The first kappa shape index (κ1) is 15.4. The number of benzene rings is 2. The van der Waals surface area contributed by atoms with Gasteiger partial charge in [0.05, 0.1) is 0 Å². The van der Waals surface area contributed by atoms with E-state index >= 15 is 0 Å². The van der Waals surface area contributed by atoms with Crippen LogP contribution in [0.5, 0.6) is 5.75 Å². The van der Waals surface area contributed by atoms with Crippen LogP contribution in [0.3, 0.4) is 0 Å². The third kappa shape index (κ3) is 4.49. The van der Waals surface area contributed by atoms with Crippen LogP contribution in [0.1, 0.15) is 24.1 Å². The summed E-state index contributed by atoms with van der Waals surface area (Å²) in [7, 11) is 0. The molecule has 0 spiro atoms. The van der Waals surface area contributed by atoms with Gasteiger partial charge in [-0.15, -0.1) is 0 Å². The zero-order valence-corrected chi connectivity index (χ0v) is 12.6. The average Bonchev–Trinajstić information content (AvgIpc) is 2.52. The Hall–Kier alpha value is -2.02. The van der Waals surface area contributed by atoms with E-state index in [4.69, 9.17) is 21.6 Å². The highest BCUT2D eigenvalue weighted by molar-refractivity contribution is 6.31. The second kappa shape index (κ2) is 7.68. The van der Waals surface area contributed by atoms with Crippen LogP contribution in [0.15, 0.2) is 48.5 Å². The lowest BCUT2D eigenvalue weighted by molar-refractivity contribution is 0.368. The summed E-state index contributed by atoms with van der Waals surface area (Å²) in [4.78, 5) is 0. The van der Waals surface area contributed by atoms with Gasteiger partial charge < -0.3 is 10.1 Å². The minimum absolute atomic E-state index is 0.0706. The molecule has 0 unspecified atom stereocenters. The standard InChI is InChI=1S/C17H17ClN2O/c1-13(16-4-2-3-5-17(16)18)20-12-14-6-8-15(9-7-14)21-11-10-19/h2-9,13,20H,11-12H2,1H3/t13-/m0/s1. The van der Waals surface area contributed by atoms with Gasteiger partial charge in [-0.1, -0.05) is 41.9 Å². The Morgan fingerprint density at radius 1 is 1.19 bits per heavy atom. The number of nitriles is 1. The third-order valence-electron chi connectivity index (χ3n) is 3.21. The number of ether oxygens (including phenoxy) is 1. The van der Waals surface area contributed by atoms with Crippen molar-refractivity contribution in [1.29, 1.82) is 5.26 Å². The van der Waals surface area contributed by atoms with Gasteiger partial charge in [-0.2, -0.15) is 5.26 Å². The van der Waals surface area contributed by atoms with Crippen molar-refractivity contribution in [3.8, 4) is 11.8 Å². The summed E-state index contributed by atoms with van der Waals surface area (Å²) < 4.78 is 5.22. The molecule has 0 heterocycles. The van der Waals surface area contributed by atoms with E-state index in [9.17, 15) is 0 Å². The van der Waals surface area contributed by atoms with Crippen LogP contribution < -0.4 is 10.1 Å². The molecular weight excluding hydrogens is 284 g/mol. The molecule has 1 atom stereocenters. The first-order chi connectivity index (χ1) is 10.2. The summed E-state index contributed by atoms with van der Waals surface area (Å²) in [6.45, 7) is 2.90. The fraction of sp³-hybridized carbons (Fsp3) is 0.235. The van der Waals surface area contributed by atoms with Crippen molar-refractivity contribution in [2.45, 2.75) is 19.5 Å². The van der Waals surface area contributed by atoms with Gasteiger partial charge >= 0.3 is 0 Å². The zero-order valence-electron chi connectivity index (χ0n) is 11.8. The van der Waals surface area contributed by atoms with Crippen molar-refractivity contribution in [2.75, 3.05) is 6.61 Å². The largest absolute Gasteiger partial charge is 0.479 e. The molecule has 2 aromatic rings. The first-order valence-corrected chi connectivity index (χ1v) is 7.15. The van der Waals surface area contributed by atoms with Crippen LogP contribution in [-0.2, 0) is 6.54 Å². The maximum Gasteiger partial charge on any atom is 0.174 e. The van der Waals surface area contributed by atoms with Crippen molar-refractivity contribution in [2.24, 2.45) is 0 Å². The molecule has 108 valence electrons. The SMILES string of the molecule is C[C@H](NCc1ccc(OCC#N)cc1)c1ccccc1Cl. The molecule has 0 aliphatic carbocycles. The van der Waals surface area contributed by atoms with Gasteiger partial charge in [0, 0.05) is 17.6 Å². The second-order valence-electron chi connectivity index (χ2n) is 4.71. The number of hydrogen-bond acceptors (Lipinski definition) is 3.